The van der Waals surface area contributed by atoms with Gasteiger partial charge in [-0.25, -0.2) is 9.97 Å². The number of aromatic nitrogens is 2. The second-order valence-corrected chi connectivity index (χ2v) is 7.20. The maximum Gasteiger partial charge on any atom is 0.259 e. The lowest BCUT2D eigenvalue weighted by Crippen LogP contribution is -2.11. The van der Waals surface area contributed by atoms with E-state index in [0.717, 1.165) is 16.9 Å². The van der Waals surface area contributed by atoms with Gasteiger partial charge in [0.05, 0.1) is 10.6 Å². The molecule has 0 fully saturated rings. The van der Waals surface area contributed by atoms with Crippen molar-refractivity contribution in [1.29, 1.82) is 0 Å². The Bertz CT molecular complexity index is 881. The number of hydrogen-bond acceptors (Lipinski definition) is 4. The molecule has 0 saturated carbocycles. The normalized spacial score (nSPS) is 10.6. The highest BCUT2D eigenvalue weighted by Gasteiger charge is 2.12. The number of carbonyl (C=O) groups is 1. The van der Waals surface area contributed by atoms with Gasteiger partial charge < -0.3 is 0 Å². The zero-order valence-electron chi connectivity index (χ0n) is 12.1. The summed E-state index contributed by atoms with van der Waals surface area (Å²) in [6, 6.07) is 9.08. The summed E-state index contributed by atoms with van der Waals surface area (Å²) in [4.78, 5) is 21.3. The van der Waals surface area contributed by atoms with Crippen LogP contribution in [0.2, 0.25) is 15.2 Å². The lowest BCUT2D eigenvalue weighted by Gasteiger charge is -2.02. The average Bonchev–Trinajstić information content (AvgIpc) is 2.99. The topological polar surface area (TPSA) is 54.9 Å². The Hall–Kier alpha value is -1.66. The molecule has 0 bridgehead atoms. The third-order valence-corrected chi connectivity index (χ3v) is 4.97. The summed E-state index contributed by atoms with van der Waals surface area (Å²) < 4.78 is 0. The molecule has 4 nitrogen and oxygen atoms in total. The molecule has 0 atom stereocenters. The monoisotopic (exact) mass is 397 g/mol. The minimum Gasteiger partial charge on any atom is -0.298 e. The van der Waals surface area contributed by atoms with E-state index >= 15 is 0 Å². The van der Waals surface area contributed by atoms with Crippen LogP contribution in [0.3, 0.4) is 0 Å². The van der Waals surface area contributed by atoms with Crippen molar-refractivity contribution in [2.75, 3.05) is 5.32 Å². The first-order chi connectivity index (χ1) is 11.5. The molecular weight excluding hydrogens is 389 g/mol. The molecule has 3 aromatic rings. The molecule has 0 spiro atoms. The van der Waals surface area contributed by atoms with E-state index in [1.54, 1.807) is 6.20 Å². The number of pyridine rings is 1. The van der Waals surface area contributed by atoms with Crippen LogP contribution in [-0.2, 0) is 6.42 Å². The van der Waals surface area contributed by atoms with Gasteiger partial charge in [0.25, 0.3) is 5.91 Å². The van der Waals surface area contributed by atoms with Crippen molar-refractivity contribution in [3.8, 4) is 0 Å². The Morgan fingerprint density at radius 1 is 1.08 bits per heavy atom. The first kappa shape index (κ1) is 17.2. The Morgan fingerprint density at radius 2 is 1.83 bits per heavy atom. The molecule has 0 radical (unpaired) electrons. The smallest absolute Gasteiger partial charge is 0.259 e. The molecule has 8 heteroatoms. The van der Waals surface area contributed by atoms with Crippen LogP contribution in [0.15, 0.2) is 42.7 Å². The molecule has 2 aromatic heterocycles. The van der Waals surface area contributed by atoms with Gasteiger partial charge in [-0.05, 0) is 23.8 Å². The van der Waals surface area contributed by atoms with E-state index in [1.807, 2.05) is 24.3 Å². The predicted octanol–water partition coefficient (Wildman–Crippen LogP) is 5.34. The highest BCUT2D eigenvalue weighted by Crippen LogP contribution is 2.24. The molecule has 0 saturated heterocycles. The van der Waals surface area contributed by atoms with E-state index in [2.05, 4.69) is 15.3 Å². The van der Waals surface area contributed by atoms with Crippen molar-refractivity contribution < 1.29 is 4.79 Å². The summed E-state index contributed by atoms with van der Waals surface area (Å²) in [6.07, 6.45) is 3.83. The predicted molar refractivity (Wildman–Crippen MR) is 98.6 cm³/mol. The van der Waals surface area contributed by atoms with Crippen LogP contribution in [0.4, 0.5) is 5.13 Å². The molecule has 0 aliphatic rings. The zero-order chi connectivity index (χ0) is 17.1. The number of carbonyl (C=O) groups excluding carboxylic acids is 1. The van der Waals surface area contributed by atoms with Crippen molar-refractivity contribution in [2.45, 2.75) is 6.42 Å². The first-order valence-corrected chi connectivity index (χ1v) is 8.78. The Labute approximate surface area is 157 Å². The van der Waals surface area contributed by atoms with Gasteiger partial charge in [-0.3, -0.25) is 10.1 Å². The van der Waals surface area contributed by atoms with E-state index in [-0.39, 0.29) is 16.1 Å². The van der Waals surface area contributed by atoms with E-state index in [4.69, 9.17) is 34.8 Å². The van der Waals surface area contributed by atoms with E-state index in [1.165, 1.54) is 23.6 Å². The van der Waals surface area contributed by atoms with Crippen LogP contribution in [0.25, 0.3) is 0 Å². The zero-order valence-corrected chi connectivity index (χ0v) is 15.2. The van der Waals surface area contributed by atoms with Crippen LogP contribution in [0.1, 0.15) is 20.8 Å². The summed E-state index contributed by atoms with van der Waals surface area (Å²) in [5, 5.41) is 4.32. The van der Waals surface area contributed by atoms with Gasteiger partial charge >= 0.3 is 0 Å². The first-order valence-electron chi connectivity index (χ1n) is 6.83. The standard InChI is InChI=1S/C16H10Cl3N3OS/c17-11-3-1-9(2-4-11)5-12-8-21-16(24-12)22-15(23)10-6-13(18)14(19)20-7-10/h1-4,6-8H,5H2,(H,21,22,23). The van der Waals surface area contributed by atoms with E-state index < -0.39 is 0 Å². The van der Waals surface area contributed by atoms with Crippen LogP contribution >= 0.6 is 46.1 Å². The number of nitrogens with one attached hydrogen (secondary N) is 1. The van der Waals surface area contributed by atoms with Gasteiger partial charge in [-0.1, -0.05) is 46.9 Å². The van der Waals surface area contributed by atoms with Gasteiger partial charge in [0.15, 0.2) is 5.13 Å². The SMILES string of the molecule is O=C(Nc1ncc(Cc2ccc(Cl)cc2)s1)c1cnc(Cl)c(Cl)c1. The highest BCUT2D eigenvalue weighted by molar-refractivity contribution is 7.15. The fourth-order valence-corrected chi connectivity index (χ4v) is 3.20. The number of thiazole rings is 1. The van der Waals surface area contributed by atoms with Crippen LogP contribution < -0.4 is 5.32 Å². The Balaban J connectivity index is 1.68. The van der Waals surface area contributed by atoms with E-state index in [0.29, 0.717) is 15.7 Å². The second kappa shape index (κ2) is 7.49. The minimum atomic E-state index is -0.339. The number of halogens is 3. The van der Waals surface area contributed by atoms with Gasteiger partial charge in [0.2, 0.25) is 0 Å². The molecule has 1 aromatic carbocycles. The van der Waals surface area contributed by atoms with Gasteiger partial charge in [0.1, 0.15) is 5.15 Å². The number of anilines is 1. The molecule has 1 amide bonds. The fourth-order valence-electron chi connectivity index (χ4n) is 1.97. The minimum absolute atomic E-state index is 0.160. The molecule has 1 N–H and O–H groups in total. The van der Waals surface area contributed by atoms with E-state index in [9.17, 15) is 4.79 Å². The molecule has 0 aliphatic carbocycles. The maximum absolute atomic E-state index is 12.2. The van der Waals surface area contributed by atoms with Crippen LogP contribution in [0.5, 0.6) is 0 Å². The summed E-state index contributed by atoms with van der Waals surface area (Å²) in [5.74, 6) is -0.339. The lowest BCUT2D eigenvalue weighted by molar-refractivity contribution is 0.102. The Kier molecular flexibility index (Phi) is 5.36. The quantitative estimate of drug-likeness (QED) is 0.603. The summed E-state index contributed by atoms with van der Waals surface area (Å²) in [7, 11) is 0. The summed E-state index contributed by atoms with van der Waals surface area (Å²) in [6.45, 7) is 0. The maximum atomic E-state index is 12.2. The van der Waals surface area contributed by atoms with Gasteiger partial charge in [0, 0.05) is 28.7 Å². The van der Waals surface area contributed by atoms with Gasteiger partial charge in [-0.2, -0.15) is 0 Å². The number of nitrogens with zero attached hydrogens (tertiary/aromatic N) is 2. The van der Waals surface area contributed by atoms with Crippen LogP contribution in [-0.4, -0.2) is 15.9 Å². The van der Waals surface area contributed by atoms with Crippen molar-refractivity contribution in [1.82, 2.24) is 9.97 Å². The van der Waals surface area contributed by atoms with Crippen molar-refractivity contribution in [3.63, 3.8) is 0 Å². The molecular formula is C16H10Cl3N3OS. The van der Waals surface area contributed by atoms with Gasteiger partial charge in [-0.15, -0.1) is 11.3 Å². The molecule has 2 heterocycles. The number of rotatable bonds is 4. The van der Waals surface area contributed by atoms with Crippen LogP contribution in [0, 0.1) is 0 Å². The fraction of sp³-hybridized carbons (Fsp3) is 0.0625. The molecule has 0 unspecified atom stereocenters. The lowest BCUT2D eigenvalue weighted by atomic mass is 10.1. The van der Waals surface area contributed by atoms with Crippen molar-refractivity contribution >= 4 is 57.2 Å². The number of benzene rings is 1. The number of hydrogen-bond donors (Lipinski definition) is 1. The molecule has 24 heavy (non-hydrogen) atoms. The third-order valence-electron chi connectivity index (χ3n) is 3.12. The van der Waals surface area contributed by atoms with Crippen molar-refractivity contribution in [3.05, 3.63) is 73.9 Å². The molecule has 0 aliphatic heterocycles. The Morgan fingerprint density at radius 3 is 2.54 bits per heavy atom. The summed E-state index contributed by atoms with van der Waals surface area (Å²) >= 11 is 18.9. The average molecular weight is 399 g/mol. The van der Waals surface area contributed by atoms with Crippen molar-refractivity contribution in [2.24, 2.45) is 0 Å². The molecule has 3 rings (SSSR count). The molecule has 122 valence electrons. The summed E-state index contributed by atoms with van der Waals surface area (Å²) in [5.41, 5.74) is 1.44. The number of amides is 1. The largest absolute Gasteiger partial charge is 0.298 e. The third kappa shape index (κ3) is 4.24. The highest BCUT2D eigenvalue weighted by atomic mass is 35.5. The second-order valence-electron chi connectivity index (χ2n) is 4.89.